The van der Waals surface area contributed by atoms with E-state index in [0.29, 0.717) is 5.69 Å². The molecule has 0 aliphatic carbocycles. The zero-order chi connectivity index (χ0) is 17.0. The summed E-state index contributed by atoms with van der Waals surface area (Å²) in [7, 11) is 0. The molecular weight excluding hydrogens is 302 g/mol. The van der Waals surface area contributed by atoms with Crippen molar-refractivity contribution in [1.82, 2.24) is 5.32 Å². The summed E-state index contributed by atoms with van der Waals surface area (Å²) in [5.74, 6) is -2.03. The predicted molar refractivity (Wildman–Crippen MR) is 84.3 cm³/mol. The normalized spacial score (nSPS) is 11.9. The molecule has 0 aliphatic rings. The van der Waals surface area contributed by atoms with Crippen LogP contribution in [0.4, 0.5) is 19.3 Å². The summed E-state index contributed by atoms with van der Waals surface area (Å²) >= 11 is 0. The van der Waals surface area contributed by atoms with Crippen molar-refractivity contribution >= 4 is 11.7 Å². The van der Waals surface area contributed by atoms with Crippen LogP contribution >= 0.6 is 0 Å². The summed E-state index contributed by atoms with van der Waals surface area (Å²) in [6.07, 6.45) is -1.13. The SMILES string of the molecule is Cc1ccc(NC(=O)NC[C@@H](O)c2ccc(F)c(F)c2)c(C)c1. The number of hydrogen-bond acceptors (Lipinski definition) is 2. The molecule has 0 radical (unpaired) electrons. The Hall–Kier alpha value is -2.47. The highest BCUT2D eigenvalue weighted by Gasteiger charge is 2.12. The molecule has 4 nitrogen and oxygen atoms in total. The fourth-order valence-electron chi connectivity index (χ4n) is 2.15. The van der Waals surface area contributed by atoms with Gasteiger partial charge >= 0.3 is 6.03 Å². The molecule has 2 aromatic carbocycles. The largest absolute Gasteiger partial charge is 0.387 e. The van der Waals surface area contributed by atoms with Gasteiger partial charge in [0.25, 0.3) is 0 Å². The Morgan fingerprint density at radius 2 is 1.87 bits per heavy atom. The zero-order valence-corrected chi connectivity index (χ0v) is 12.9. The molecule has 0 aliphatic heterocycles. The third kappa shape index (κ3) is 4.50. The van der Waals surface area contributed by atoms with Crippen LogP contribution in [0.25, 0.3) is 0 Å². The molecule has 23 heavy (non-hydrogen) atoms. The highest BCUT2D eigenvalue weighted by Crippen LogP contribution is 2.17. The van der Waals surface area contributed by atoms with E-state index in [1.807, 2.05) is 26.0 Å². The first kappa shape index (κ1) is 16.9. The van der Waals surface area contributed by atoms with E-state index in [1.165, 1.54) is 6.07 Å². The first-order chi connectivity index (χ1) is 10.9. The molecule has 0 spiro atoms. The van der Waals surface area contributed by atoms with Crippen molar-refractivity contribution < 1.29 is 18.7 Å². The van der Waals surface area contributed by atoms with Crippen LogP contribution < -0.4 is 10.6 Å². The summed E-state index contributed by atoms with van der Waals surface area (Å²) in [5.41, 5.74) is 2.86. The second kappa shape index (κ2) is 7.19. The van der Waals surface area contributed by atoms with Gasteiger partial charge in [-0.2, -0.15) is 0 Å². The third-order valence-electron chi connectivity index (χ3n) is 3.41. The van der Waals surface area contributed by atoms with Crippen molar-refractivity contribution in [1.29, 1.82) is 0 Å². The van der Waals surface area contributed by atoms with Gasteiger partial charge in [0.2, 0.25) is 0 Å². The number of benzene rings is 2. The lowest BCUT2D eigenvalue weighted by Gasteiger charge is -2.14. The first-order valence-corrected chi connectivity index (χ1v) is 7.12. The lowest BCUT2D eigenvalue weighted by molar-refractivity contribution is 0.174. The quantitative estimate of drug-likeness (QED) is 0.808. The Balaban J connectivity index is 1.91. The maximum Gasteiger partial charge on any atom is 0.319 e. The van der Waals surface area contributed by atoms with Gasteiger partial charge in [0.15, 0.2) is 11.6 Å². The van der Waals surface area contributed by atoms with E-state index in [1.54, 1.807) is 6.07 Å². The Bertz CT molecular complexity index is 720. The molecule has 2 amide bonds. The highest BCUT2D eigenvalue weighted by molar-refractivity contribution is 5.90. The van der Waals surface area contributed by atoms with Crippen LogP contribution in [-0.2, 0) is 0 Å². The van der Waals surface area contributed by atoms with Crippen LogP contribution in [0, 0.1) is 25.5 Å². The topological polar surface area (TPSA) is 61.4 Å². The van der Waals surface area contributed by atoms with Crippen LogP contribution in [-0.4, -0.2) is 17.7 Å². The second-order valence-electron chi connectivity index (χ2n) is 5.34. The molecule has 0 saturated heterocycles. The van der Waals surface area contributed by atoms with Crippen LogP contribution in [0.3, 0.4) is 0 Å². The lowest BCUT2D eigenvalue weighted by atomic mass is 10.1. The minimum atomic E-state index is -1.13. The lowest BCUT2D eigenvalue weighted by Crippen LogP contribution is -2.32. The fraction of sp³-hybridized carbons (Fsp3) is 0.235. The number of nitrogens with one attached hydrogen (secondary N) is 2. The molecule has 1 atom stereocenters. The number of halogens is 2. The Labute approximate surface area is 133 Å². The van der Waals surface area contributed by atoms with E-state index in [0.717, 1.165) is 23.3 Å². The summed E-state index contributed by atoms with van der Waals surface area (Å²) in [6.45, 7) is 3.70. The Morgan fingerprint density at radius 1 is 1.13 bits per heavy atom. The minimum Gasteiger partial charge on any atom is -0.387 e. The molecule has 3 N–H and O–H groups in total. The van der Waals surface area contributed by atoms with E-state index < -0.39 is 23.8 Å². The number of rotatable bonds is 4. The van der Waals surface area contributed by atoms with Gasteiger partial charge in [-0.25, -0.2) is 13.6 Å². The number of hydrogen-bond donors (Lipinski definition) is 3. The predicted octanol–water partition coefficient (Wildman–Crippen LogP) is 3.44. The Morgan fingerprint density at radius 3 is 2.52 bits per heavy atom. The van der Waals surface area contributed by atoms with Crippen molar-refractivity contribution in [2.24, 2.45) is 0 Å². The number of anilines is 1. The van der Waals surface area contributed by atoms with E-state index in [-0.39, 0.29) is 12.1 Å². The maximum atomic E-state index is 13.1. The van der Waals surface area contributed by atoms with Gasteiger partial charge in [0.1, 0.15) is 0 Å². The molecule has 2 rings (SSSR count). The van der Waals surface area contributed by atoms with Crippen molar-refractivity contribution in [2.45, 2.75) is 20.0 Å². The standard InChI is InChI=1S/C17H18F2N2O2/c1-10-3-6-15(11(2)7-10)21-17(23)20-9-16(22)12-4-5-13(18)14(19)8-12/h3-8,16,22H,9H2,1-2H3,(H2,20,21,23)/t16-/m1/s1. The number of carbonyl (C=O) groups excluding carboxylic acids is 1. The van der Waals surface area contributed by atoms with Gasteiger partial charge in [0.05, 0.1) is 6.10 Å². The van der Waals surface area contributed by atoms with Gasteiger partial charge in [-0.15, -0.1) is 0 Å². The maximum absolute atomic E-state index is 13.1. The molecule has 0 unspecified atom stereocenters. The number of aliphatic hydroxyl groups excluding tert-OH is 1. The highest BCUT2D eigenvalue weighted by atomic mass is 19.2. The van der Waals surface area contributed by atoms with Crippen molar-refractivity contribution in [2.75, 3.05) is 11.9 Å². The molecular formula is C17H18F2N2O2. The summed E-state index contributed by atoms with van der Waals surface area (Å²) in [4.78, 5) is 11.8. The van der Waals surface area contributed by atoms with Crippen molar-refractivity contribution in [3.63, 3.8) is 0 Å². The third-order valence-corrected chi connectivity index (χ3v) is 3.41. The molecule has 2 aromatic rings. The van der Waals surface area contributed by atoms with Crippen LogP contribution in [0.2, 0.25) is 0 Å². The van der Waals surface area contributed by atoms with Gasteiger partial charge in [-0.05, 0) is 43.2 Å². The van der Waals surface area contributed by atoms with Gasteiger partial charge in [-0.1, -0.05) is 23.8 Å². The minimum absolute atomic E-state index is 0.123. The van der Waals surface area contributed by atoms with Gasteiger partial charge < -0.3 is 15.7 Å². The van der Waals surface area contributed by atoms with Gasteiger partial charge in [0, 0.05) is 12.2 Å². The number of urea groups is 1. The van der Waals surface area contributed by atoms with Crippen LogP contribution in [0.1, 0.15) is 22.8 Å². The van der Waals surface area contributed by atoms with Crippen molar-refractivity contribution in [3.05, 3.63) is 64.7 Å². The summed E-state index contributed by atoms with van der Waals surface area (Å²) < 4.78 is 26.0. The molecule has 6 heteroatoms. The molecule has 0 heterocycles. The number of carbonyl (C=O) groups is 1. The molecule has 0 saturated carbocycles. The summed E-state index contributed by atoms with van der Waals surface area (Å²) in [6, 6.07) is 8.22. The number of aryl methyl sites for hydroxylation is 2. The number of amides is 2. The van der Waals surface area contributed by atoms with Crippen molar-refractivity contribution in [3.8, 4) is 0 Å². The number of aliphatic hydroxyl groups is 1. The average Bonchev–Trinajstić information content (AvgIpc) is 2.50. The van der Waals surface area contributed by atoms with Gasteiger partial charge in [-0.3, -0.25) is 0 Å². The smallest absolute Gasteiger partial charge is 0.319 e. The van der Waals surface area contributed by atoms with E-state index >= 15 is 0 Å². The molecule has 0 bridgehead atoms. The fourth-order valence-corrected chi connectivity index (χ4v) is 2.15. The van der Waals surface area contributed by atoms with E-state index in [4.69, 9.17) is 0 Å². The first-order valence-electron chi connectivity index (χ1n) is 7.12. The van der Waals surface area contributed by atoms with Crippen LogP contribution in [0.15, 0.2) is 36.4 Å². The Kier molecular flexibility index (Phi) is 5.28. The molecule has 0 aromatic heterocycles. The molecule has 0 fully saturated rings. The van der Waals surface area contributed by atoms with Crippen LogP contribution in [0.5, 0.6) is 0 Å². The van der Waals surface area contributed by atoms with E-state index in [2.05, 4.69) is 10.6 Å². The monoisotopic (exact) mass is 320 g/mol. The zero-order valence-electron chi connectivity index (χ0n) is 12.9. The molecule has 122 valence electrons. The summed E-state index contributed by atoms with van der Waals surface area (Å²) in [5, 5.41) is 15.1. The van der Waals surface area contributed by atoms with E-state index in [9.17, 15) is 18.7 Å². The average molecular weight is 320 g/mol. The second-order valence-corrected chi connectivity index (χ2v) is 5.34.